The topological polar surface area (TPSA) is 57.0 Å². The Bertz CT molecular complexity index is 738. The summed E-state index contributed by atoms with van der Waals surface area (Å²) in [5.74, 6) is 0.532. The molecule has 3 aromatic rings. The molecule has 88 valence electrons. The van der Waals surface area contributed by atoms with Gasteiger partial charge in [0.05, 0.1) is 5.39 Å². The highest BCUT2D eigenvalue weighted by Crippen LogP contribution is 2.08. The number of aromatic nitrogens is 3. The van der Waals surface area contributed by atoms with Gasteiger partial charge in [-0.05, 0) is 34.3 Å². The predicted octanol–water partition coefficient (Wildman–Crippen LogP) is 1.63. The molecule has 0 aliphatic carbocycles. The molecule has 5 heteroatoms. The van der Waals surface area contributed by atoms with Crippen molar-refractivity contribution in [3.63, 3.8) is 0 Å². The Kier molecular flexibility index (Phi) is 2.49. The molecule has 0 amide bonds. The van der Waals surface area contributed by atoms with Gasteiger partial charge in [0.15, 0.2) is 5.75 Å². The van der Waals surface area contributed by atoms with Gasteiger partial charge in [0.2, 0.25) is 0 Å². The van der Waals surface area contributed by atoms with Crippen LogP contribution >= 0.6 is 0 Å². The first kappa shape index (κ1) is 10.5. The predicted molar refractivity (Wildman–Crippen MR) is 66.3 cm³/mol. The molecule has 0 saturated carbocycles. The quantitative estimate of drug-likeness (QED) is 0.682. The van der Waals surface area contributed by atoms with Crippen LogP contribution in [0.2, 0.25) is 0 Å². The number of benzene rings is 2. The molecule has 0 bridgehead atoms. The SMILES string of the molecule is O=c1c2ccccc2nnn1Oc1ccccc1. The van der Waals surface area contributed by atoms with Crippen molar-refractivity contribution in [2.24, 2.45) is 0 Å². The summed E-state index contributed by atoms with van der Waals surface area (Å²) in [4.78, 5) is 18.3. The van der Waals surface area contributed by atoms with Gasteiger partial charge in [-0.3, -0.25) is 4.79 Å². The highest BCUT2D eigenvalue weighted by molar-refractivity contribution is 5.76. The molecule has 0 saturated heterocycles. The van der Waals surface area contributed by atoms with Crippen LogP contribution in [0.15, 0.2) is 59.4 Å². The lowest BCUT2D eigenvalue weighted by Crippen LogP contribution is -2.27. The normalized spacial score (nSPS) is 10.4. The lowest BCUT2D eigenvalue weighted by Gasteiger charge is -2.05. The Hall–Kier alpha value is -2.69. The van der Waals surface area contributed by atoms with E-state index in [1.807, 2.05) is 18.2 Å². The number of hydrogen-bond donors (Lipinski definition) is 0. The van der Waals surface area contributed by atoms with E-state index in [0.717, 1.165) is 4.85 Å². The molecular formula is C13H9N3O2. The number of hydrogen-bond acceptors (Lipinski definition) is 4. The van der Waals surface area contributed by atoms with Gasteiger partial charge in [0.25, 0.3) is 0 Å². The molecule has 5 nitrogen and oxygen atoms in total. The van der Waals surface area contributed by atoms with Crippen molar-refractivity contribution in [1.82, 2.24) is 15.2 Å². The van der Waals surface area contributed by atoms with Crippen molar-refractivity contribution in [1.29, 1.82) is 0 Å². The number of fused-ring (bicyclic) bond motifs is 1. The Balaban J connectivity index is 2.08. The molecule has 0 radical (unpaired) electrons. The van der Waals surface area contributed by atoms with E-state index in [0.29, 0.717) is 16.7 Å². The van der Waals surface area contributed by atoms with Crippen LogP contribution in [0.3, 0.4) is 0 Å². The molecule has 0 fully saturated rings. The van der Waals surface area contributed by atoms with Crippen molar-refractivity contribution < 1.29 is 4.84 Å². The monoisotopic (exact) mass is 239 g/mol. The second-order valence-electron chi connectivity index (χ2n) is 3.69. The summed E-state index contributed by atoms with van der Waals surface area (Å²) in [5, 5.41) is 8.14. The third kappa shape index (κ3) is 1.82. The Morgan fingerprint density at radius 3 is 2.50 bits per heavy atom. The highest BCUT2D eigenvalue weighted by atomic mass is 16.7. The summed E-state index contributed by atoms with van der Waals surface area (Å²) in [6.45, 7) is 0. The van der Waals surface area contributed by atoms with E-state index in [-0.39, 0.29) is 5.56 Å². The van der Waals surface area contributed by atoms with Crippen molar-refractivity contribution in [2.45, 2.75) is 0 Å². The second-order valence-corrected chi connectivity index (χ2v) is 3.69. The fraction of sp³-hybridized carbons (Fsp3) is 0. The smallest absolute Gasteiger partial charge is 0.314 e. The minimum atomic E-state index is -0.329. The molecule has 0 spiro atoms. The zero-order valence-corrected chi connectivity index (χ0v) is 9.35. The first-order valence-electron chi connectivity index (χ1n) is 5.43. The van der Waals surface area contributed by atoms with Crippen molar-refractivity contribution in [2.75, 3.05) is 0 Å². The molecule has 0 aliphatic heterocycles. The van der Waals surface area contributed by atoms with E-state index < -0.39 is 0 Å². The molecule has 0 atom stereocenters. The lowest BCUT2D eigenvalue weighted by atomic mass is 10.2. The van der Waals surface area contributed by atoms with E-state index >= 15 is 0 Å². The molecule has 1 aromatic heterocycles. The van der Waals surface area contributed by atoms with Gasteiger partial charge in [0, 0.05) is 0 Å². The van der Waals surface area contributed by atoms with Crippen LogP contribution in [0.4, 0.5) is 0 Å². The number of nitrogens with zero attached hydrogens (tertiary/aromatic N) is 3. The van der Waals surface area contributed by atoms with E-state index in [1.54, 1.807) is 36.4 Å². The molecule has 0 N–H and O–H groups in total. The standard InChI is InChI=1S/C13H9N3O2/c17-13-11-8-4-5-9-12(11)14-15-16(13)18-10-6-2-1-3-7-10/h1-9H. The van der Waals surface area contributed by atoms with Gasteiger partial charge in [-0.25, -0.2) is 0 Å². The highest BCUT2D eigenvalue weighted by Gasteiger charge is 2.05. The molecule has 1 heterocycles. The summed E-state index contributed by atoms with van der Waals surface area (Å²) in [6, 6.07) is 16.0. The minimum Gasteiger partial charge on any atom is -0.353 e. The summed E-state index contributed by atoms with van der Waals surface area (Å²) < 4.78 is 0. The van der Waals surface area contributed by atoms with E-state index in [1.165, 1.54) is 0 Å². The lowest BCUT2D eigenvalue weighted by molar-refractivity contribution is 0.157. The maximum Gasteiger partial charge on any atom is 0.314 e. The fourth-order valence-corrected chi connectivity index (χ4v) is 1.62. The summed E-state index contributed by atoms with van der Waals surface area (Å²) in [6.07, 6.45) is 0. The summed E-state index contributed by atoms with van der Waals surface area (Å²) >= 11 is 0. The maximum atomic E-state index is 12.1. The fourth-order valence-electron chi connectivity index (χ4n) is 1.62. The number of para-hydroxylation sites is 1. The number of rotatable bonds is 2. The average molecular weight is 239 g/mol. The Labute approximate surface area is 102 Å². The summed E-state index contributed by atoms with van der Waals surface area (Å²) in [5.41, 5.74) is 0.222. The molecular weight excluding hydrogens is 230 g/mol. The molecule has 2 aromatic carbocycles. The van der Waals surface area contributed by atoms with Crippen LogP contribution < -0.4 is 10.4 Å². The van der Waals surface area contributed by atoms with Crippen molar-refractivity contribution in [3.05, 3.63) is 65.0 Å². The molecule has 0 unspecified atom stereocenters. The zero-order chi connectivity index (χ0) is 12.4. The first-order valence-corrected chi connectivity index (χ1v) is 5.43. The average Bonchev–Trinajstić information content (AvgIpc) is 2.43. The molecule has 18 heavy (non-hydrogen) atoms. The zero-order valence-electron chi connectivity index (χ0n) is 9.35. The van der Waals surface area contributed by atoms with Gasteiger partial charge in [-0.15, -0.1) is 5.10 Å². The van der Waals surface area contributed by atoms with Crippen molar-refractivity contribution >= 4 is 10.9 Å². The minimum absolute atomic E-state index is 0.329. The Morgan fingerprint density at radius 2 is 1.67 bits per heavy atom. The van der Waals surface area contributed by atoms with Crippen LogP contribution in [-0.2, 0) is 0 Å². The third-order valence-corrected chi connectivity index (χ3v) is 2.48. The van der Waals surface area contributed by atoms with Gasteiger partial charge in [-0.2, -0.15) is 0 Å². The van der Waals surface area contributed by atoms with Crippen molar-refractivity contribution in [3.8, 4) is 5.75 Å². The molecule has 3 rings (SSSR count). The third-order valence-electron chi connectivity index (χ3n) is 2.48. The van der Waals surface area contributed by atoms with E-state index in [4.69, 9.17) is 4.84 Å². The van der Waals surface area contributed by atoms with Crippen LogP contribution in [0.1, 0.15) is 0 Å². The van der Waals surface area contributed by atoms with Crippen LogP contribution in [-0.4, -0.2) is 15.2 Å². The molecule has 0 aliphatic rings. The van der Waals surface area contributed by atoms with Gasteiger partial charge < -0.3 is 4.84 Å². The van der Waals surface area contributed by atoms with Crippen LogP contribution in [0.5, 0.6) is 5.75 Å². The summed E-state index contributed by atoms with van der Waals surface area (Å²) in [7, 11) is 0. The van der Waals surface area contributed by atoms with E-state index in [2.05, 4.69) is 10.3 Å². The van der Waals surface area contributed by atoms with Gasteiger partial charge >= 0.3 is 5.56 Å². The largest absolute Gasteiger partial charge is 0.353 e. The first-order chi connectivity index (χ1) is 8.84. The van der Waals surface area contributed by atoms with E-state index in [9.17, 15) is 4.79 Å². The Morgan fingerprint density at radius 1 is 0.944 bits per heavy atom. The van der Waals surface area contributed by atoms with Crippen LogP contribution in [0, 0.1) is 0 Å². The van der Waals surface area contributed by atoms with Crippen LogP contribution in [0.25, 0.3) is 10.9 Å². The van der Waals surface area contributed by atoms with Gasteiger partial charge in [-0.1, -0.05) is 30.3 Å². The maximum absolute atomic E-state index is 12.1. The van der Waals surface area contributed by atoms with Gasteiger partial charge in [0.1, 0.15) is 5.52 Å². The second kappa shape index (κ2) is 4.29.